The third-order valence-electron chi connectivity index (χ3n) is 4.44. The van der Waals surface area contributed by atoms with E-state index in [0.29, 0.717) is 17.3 Å². The summed E-state index contributed by atoms with van der Waals surface area (Å²) in [5.74, 6) is 0.123. The Bertz CT molecular complexity index is 672. The van der Waals surface area contributed by atoms with Crippen LogP contribution >= 0.6 is 11.3 Å². The highest BCUT2D eigenvalue weighted by molar-refractivity contribution is 7.10. The normalized spacial score (nSPS) is 16.9. The van der Waals surface area contributed by atoms with Gasteiger partial charge in [-0.2, -0.15) is 5.10 Å². The molecule has 23 heavy (non-hydrogen) atoms. The molecule has 2 aromatic heterocycles. The predicted molar refractivity (Wildman–Crippen MR) is 89.7 cm³/mol. The summed E-state index contributed by atoms with van der Waals surface area (Å²) >= 11 is 1.68. The Morgan fingerprint density at radius 3 is 2.74 bits per heavy atom. The molecule has 0 spiro atoms. The number of hydrogen-bond donors (Lipinski definition) is 2. The number of carbonyl (C=O) groups is 2. The lowest BCUT2D eigenvalue weighted by atomic mass is 9.83. The fourth-order valence-electron chi connectivity index (χ4n) is 3.19. The van der Waals surface area contributed by atoms with Gasteiger partial charge in [-0.3, -0.25) is 14.7 Å². The number of carbonyl (C=O) groups excluding carboxylic acids is 2. The minimum absolute atomic E-state index is 0.0341. The molecule has 0 saturated heterocycles. The molecule has 0 radical (unpaired) electrons. The third kappa shape index (κ3) is 3.69. The van der Waals surface area contributed by atoms with Gasteiger partial charge in [0, 0.05) is 11.8 Å². The van der Waals surface area contributed by atoms with Gasteiger partial charge in [-0.05, 0) is 36.3 Å². The van der Waals surface area contributed by atoms with E-state index in [-0.39, 0.29) is 17.7 Å². The first-order chi connectivity index (χ1) is 11.1. The number of nitrogens with one attached hydrogen (secondary N) is 2. The number of H-pyrrole nitrogens is 1. The first-order valence-electron chi connectivity index (χ1n) is 8.06. The van der Waals surface area contributed by atoms with Crippen molar-refractivity contribution < 1.29 is 9.59 Å². The van der Waals surface area contributed by atoms with E-state index in [0.717, 1.165) is 12.8 Å². The van der Waals surface area contributed by atoms with Crippen molar-refractivity contribution in [3.63, 3.8) is 0 Å². The zero-order chi connectivity index (χ0) is 16.2. The summed E-state index contributed by atoms with van der Waals surface area (Å²) in [7, 11) is 0. The highest BCUT2D eigenvalue weighted by Crippen LogP contribution is 2.36. The summed E-state index contributed by atoms with van der Waals surface area (Å²) < 4.78 is 0. The van der Waals surface area contributed by atoms with Gasteiger partial charge < -0.3 is 5.32 Å². The first kappa shape index (κ1) is 15.9. The Morgan fingerprint density at radius 1 is 1.35 bits per heavy atom. The minimum atomic E-state index is -0.200. The standard InChI is InChI=1S/C17H21N3O2S/c1-11(21)13-10-14(20-19-13)17(22)18-16(15-8-5-9-23-15)12-6-3-2-4-7-12/h5,8-10,12,16H,2-4,6-7H2,1H3,(H,18,22)(H,19,20)/t16-/m0/s1. The maximum absolute atomic E-state index is 12.5. The Labute approximate surface area is 139 Å². The van der Waals surface area contributed by atoms with Crippen LogP contribution in [0.4, 0.5) is 0 Å². The highest BCUT2D eigenvalue weighted by atomic mass is 32.1. The molecule has 1 amide bonds. The number of amides is 1. The van der Waals surface area contributed by atoms with Crippen LogP contribution in [-0.2, 0) is 0 Å². The van der Waals surface area contributed by atoms with E-state index in [9.17, 15) is 9.59 Å². The summed E-state index contributed by atoms with van der Waals surface area (Å²) in [6, 6.07) is 5.65. The highest BCUT2D eigenvalue weighted by Gasteiger charge is 2.28. The maximum Gasteiger partial charge on any atom is 0.269 e. The molecule has 0 unspecified atom stereocenters. The number of rotatable bonds is 5. The quantitative estimate of drug-likeness (QED) is 0.820. The van der Waals surface area contributed by atoms with Crippen molar-refractivity contribution in [1.82, 2.24) is 15.5 Å². The molecule has 5 nitrogen and oxygen atoms in total. The Hall–Kier alpha value is -1.95. The molecule has 1 aliphatic carbocycles. The van der Waals surface area contributed by atoms with Crippen LogP contribution < -0.4 is 5.32 Å². The van der Waals surface area contributed by atoms with Gasteiger partial charge in [0.1, 0.15) is 11.4 Å². The average Bonchev–Trinajstić information content (AvgIpc) is 3.24. The first-order valence-corrected chi connectivity index (χ1v) is 8.93. The second-order valence-corrected chi connectivity index (χ2v) is 7.07. The lowest BCUT2D eigenvalue weighted by Crippen LogP contribution is -2.34. The van der Waals surface area contributed by atoms with Gasteiger partial charge in [0.05, 0.1) is 6.04 Å². The number of nitrogens with zero attached hydrogens (tertiary/aromatic N) is 1. The zero-order valence-corrected chi connectivity index (χ0v) is 14.0. The summed E-state index contributed by atoms with van der Waals surface area (Å²) in [5, 5.41) is 11.7. The van der Waals surface area contributed by atoms with E-state index in [4.69, 9.17) is 0 Å². The van der Waals surface area contributed by atoms with Gasteiger partial charge in [-0.1, -0.05) is 25.3 Å². The molecular weight excluding hydrogens is 310 g/mol. The molecule has 1 aliphatic rings. The molecule has 0 aromatic carbocycles. The molecule has 2 aromatic rings. The number of Topliss-reactive ketones (excluding diaryl/α,β-unsaturated/α-hetero) is 1. The van der Waals surface area contributed by atoms with E-state index in [1.807, 2.05) is 11.4 Å². The van der Waals surface area contributed by atoms with Crippen LogP contribution in [0.25, 0.3) is 0 Å². The maximum atomic E-state index is 12.5. The van der Waals surface area contributed by atoms with Crippen molar-refractivity contribution in [2.24, 2.45) is 5.92 Å². The van der Waals surface area contributed by atoms with Gasteiger partial charge in [0.15, 0.2) is 5.78 Å². The van der Waals surface area contributed by atoms with E-state index >= 15 is 0 Å². The molecule has 1 atom stereocenters. The molecule has 1 saturated carbocycles. The van der Waals surface area contributed by atoms with Gasteiger partial charge in [-0.25, -0.2) is 0 Å². The molecule has 2 heterocycles. The molecule has 3 rings (SSSR count). The van der Waals surface area contributed by atoms with Crippen LogP contribution in [0.15, 0.2) is 23.6 Å². The Kier molecular flexibility index (Phi) is 4.91. The monoisotopic (exact) mass is 331 g/mol. The number of ketones is 1. The molecule has 1 fully saturated rings. The van der Waals surface area contributed by atoms with Crippen molar-refractivity contribution >= 4 is 23.0 Å². The van der Waals surface area contributed by atoms with E-state index < -0.39 is 0 Å². The number of hydrogen-bond acceptors (Lipinski definition) is 4. The van der Waals surface area contributed by atoms with Crippen LogP contribution in [0, 0.1) is 5.92 Å². The fraction of sp³-hybridized carbons (Fsp3) is 0.471. The van der Waals surface area contributed by atoms with Crippen LogP contribution in [0.2, 0.25) is 0 Å². The molecule has 2 N–H and O–H groups in total. The van der Waals surface area contributed by atoms with Crippen LogP contribution in [0.1, 0.15) is 70.9 Å². The van der Waals surface area contributed by atoms with Gasteiger partial charge in [0.25, 0.3) is 5.91 Å². The van der Waals surface area contributed by atoms with Gasteiger partial charge in [0.2, 0.25) is 0 Å². The largest absolute Gasteiger partial charge is 0.343 e. The van der Waals surface area contributed by atoms with Crippen molar-refractivity contribution in [3.05, 3.63) is 39.8 Å². The van der Waals surface area contributed by atoms with Crippen LogP contribution in [0.3, 0.4) is 0 Å². The van der Waals surface area contributed by atoms with Crippen molar-refractivity contribution in [3.8, 4) is 0 Å². The minimum Gasteiger partial charge on any atom is -0.343 e. The number of aromatic amines is 1. The van der Waals surface area contributed by atoms with Crippen molar-refractivity contribution in [2.45, 2.75) is 45.1 Å². The molecule has 6 heteroatoms. The third-order valence-corrected chi connectivity index (χ3v) is 5.40. The smallest absolute Gasteiger partial charge is 0.269 e. The summed E-state index contributed by atoms with van der Waals surface area (Å²) in [5.41, 5.74) is 0.632. The molecular formula is C17H21N3O2S. The second-order valence-electron chi connectivity index (χ2n) is 6.09. The predicted octanol–water partition coefficient (Wildman–Crippen LogP) is 3.73. The van der Waals surface area contributed by atoms with E-state index in [1.165, 1.54) is 37.1 Å². The van der Waals surface area contributed by atoms with Crippen LogP contribution in [0.5, 0.6) is 0 Å². The summed E-state index contributed by atoms with van der Waals surface area (Å²) in [4.78, 5) is 25.1. The average molecular weight is 331 g/mol. The Morgan fingerprint density at radius 2 is 2.13 bits per heavy atom. The number of aromatic nitrogens is 2. The fourth-order valence-corrected chi connectivity index (χ4v) is 4.06. The summed E-state index contributed by atoms with van der Waals surface area (Å²) in [6.45, 7) is 1.44. The lowest BCUT2D eigenvalue weighted by Gasteiger charge is -2.30. The van der Waals surface area contributed by atoms with Gasteiger partial charge >= 0.3 is 0 Å². The van der Waals surface area contributed by atoms with E-state index in [2.05, 4.69) is 21.6 Å². The molecule has 0 aliphatic heterocycles. The van der Waals surface area contributed by atoms with Crippen LogP contribution in [-0.4, -0.2) is 21.9 Å². The van der Waals surface area contributed by atoms with Gasteiger partial charge in [-0.15, -0.1) is 11.3 Å². The molecule has 122 valence electrons. The molecule has 0 bridgehead atoms. The topological polar surface area (TPSA) is 74.8 Å². The second kappa shape index (κ2) is 7.08. The SMILES string of the molecule is CC(=O)c1cc(C(=O)N[C@H](c2cccs2)C2CCCCC2)[nH]n1. The van der Waals surface area contributed by atoms with Crippen molar-refractivity contribution in [1.29, 1.82) is 0 Å². The summed E-state index contributed by atoms with van der Waals surface area (Å²) in [6.07, 6.45) is 6.01. The van der Waals surface area contributed by atoms with E-state index in [1.54, 1.807) is 11.3 Å². The lowest BCUT2D eigenvalue weighted by molar-refractivity contribution is 0.0908. The number of thiophene rings is 1. The Balaban J connectivity index is 1.77. The van der Waals surface area contributed by atoms with Crippen molar-refractivity contribution in [2.75, 3.05) is 0 Å². The zero-order valence-electron chi connectivity index (χ0n) is 13.2.